The molecule has 0 N–H and O–H groups in total. The van der Waals surface area contributed by atoms with E-state index >= 15 is 0 Å². The molecule has 2 fully saturated rings. The molecule has 2 atom stereocenters. The predicted molar refractivity (Wildman–Crippen MR) is 85.0 cm³/mol. The molecule has 2 aliphatic carbocycles. The van der Waals surface area contributed by atoms with Crippen LogP contribution in [0.4, 0.5) is 8.78 Å². The zero-order valence-corrected chi connectivity index (χ0v) is 14.5. The molecule has 2 unspecified atom stereocenters. The summed E-state index contributed by atoms with van der Waals surface area (Å²) in [7, 11) is 3.16. The van der Waals surface area contributed by atoms with Gasteiger partial charge in [0.15, 0.2) is 0 Å². The Balaban J connectivity index is 1.82. The average Bonchev–Trinajstić information content (AvgIpc) is 3.18. The Labute approximate surface area is 141 Å². The first-order valence-electron chi connectivity index (χ1n) is 8.61. The fraction of sp³-hybridized carbons (Fsp3) is 0.765. The first kappa shape index (κ1) is 17.3. The van der Waals surface area contributed by atoms with Gasteiger partial charge in [0.25, 0.3) is 12.3 Å². The maximum absolute atomic E-state index is 13.2. The number of aryl methyl sites for hydroxylation is 1. The van der Waals surface area contributed by atoms with Gasteiger partial charge in [-0.25, -0.2) is 8.78 Å². The Morgan fingerprint density at radius 3 is 2.75 bits per heavy atom. The molecular weight excluding hydrogens is 316 g/mol. The number of amides is 1. The summed E-state index contributed by atoms with van der Waals surface area (Å²) in [6, 6.07) is 0.0507. The maximum Gasteiger partial charge on any atom is 0.280 e. The van der Waals surface area contributed by atoms with Crippen molar-refractivity contribution in [1.82, 2.24) is 14.7 Å². The highest BCUT2D eigenvalue weighted by Gasteiger charge is 2.59. The molecule has 0 bridgehead atoms. The molecule has 2 aliphatic rings. The molecule has 1 aromatic heterocycles. The first-order valence-corrected chi connectivity index (χ1v) is 8.61. The molecule has 134 valence electrons. The van der Waals surface area contributed by atoms with Crippen molar-refractivity contribution >= 4 is 5.91 Å². The number of carbonyl (C=O) groups is 1. The highest BCUT2D eigenvalue weighted by atomic mass is 19.3. The van der Waals surface area contributed by atoms with E-state index in [1.807, 2.05) is 6.92 Å². The predicted octanol–water partition coefficient (Wildman–Crippen LogP) is 3.17. The van der Waals surface area contributed by atoms with E-state index in [4.69, 9.17) is 4.74 Å². The van der Waals surface area contributed by atoms with Gasteiger partial charge in [-0.3, -0.25) is 9.48 Å². The number of halogens is 2. The second-order valence-corrected chi connectivity index (χ2v) is 6.92. The van der Waals surface area contributed by atoms with E-state index in [1.165, 1.54) is 13.2 Å². The zero-order valence-electron chi connectivity index (χ0n) is 14.5. The number of ether oxygens (including phenoxy) is 1. The van der Waals surface area contributed by atoms with Crippen LogP contribution in [-0.2, 0) is 11.8 Å². The topological polar surface area (TPSA) is 47.4 Å². The van der Waals surface area contributed by atoms with E-state index < -0.39 is 6.43 Å². The Morgan fingerprint density at radius 2 is 2.17 bits per heavy atom. The standard InChI is InChI=1S/C17H25F2N3O2/c1-4-24-13-9-12(17(13)7-5-6-8-17)21(2)16(23)11-10-20-22(3)14(11)15(18)19/h10,12-13,15H,4-9H2,1-3H3. The molecule has 0 aliphatic heterocycles. The van der Waals surface area contributed by atoms with Crippen molar-refractivity contribution in [2.24, 2.45) is 12.5 Å². The van der Waals surface area contributed by atoms with Gasteiger partial charge in [-0.1, -0.05) is 12.8 Å². The Morgan fingerprint density at radius 1 is 1.50 bits per heavy atom. The summed E-state index contributed by atoms with van der Waals surface area (Å²) in [5.41, 5.74) is -0.316. The average molecular weight is 341 g/mol. The number of alkyl halides is 2. The van der Waals surface area contributed by atoms with Gasteiger partial charge in [0.05, 0.1) is 17.9 Å². The van der Waals surface area contributed by atoms with Crippen LogP contribution in [0.3, 0.4) is 0 Å². The fourth-order valence-electron chi connectivity index (χ4n) is 4.60. The quantitative estimate of drug-likeness (QED) is 0.826. The lowest BCUT2D eigenvalue weighted by Gasteiger charge is -2.57. The van der Waals surface area contributed by atoms with Gasteiger partial charge in [-0.2, -0.15) is 5.10 Å². The fourth-order valence-corrected chi connectivity index (χ4v) is 4.60. The van der Waals surface area contributed by atoms with Gasteiger partial charge < -0.3 is 9.64 Å². The van der Waals surface area contributed by atoms with Crippen molar-refractivity contribution in [3.8, 4) is 0 Å². The molecule has 1 aromatic rings. The van der Waals surface area contributed by atoms with E-state index in [2.05, 4.69) is 5.10 Å². The summed E-state index contributed by atoms with van der Waals surface area (Å²) in [5, 5.41) is 3.84. The van der Waals surface area contributed by atoms with Crippen molar-refractivity contribution in [3.05, 3.63) is 17.5 Å². The molecule has 1 amide bonds. The van der Waals surface area contributed by atoms with Crippen LogP contribution in [0.15, 0.2) is 6.20 Å². The lowest BCUT2D eigenvalue weighted by atomic mass is 9.60. The van der Waals surface area contributed by atoms with Crippen LogP contribution in [0.25, 0.3) is 0 Å². The molecule has 7 heteroatoms. The molecule has 3 rings (SSSR count). The molecule has 0 radical (unpaired) electrons. The van der Waals surface area contributed by atoms with E-state index in [-0.39, 0.29) is 34.7 Å². The van der Waals surface area contributed by atoms with Crippen molar-refractivity contribution in [3.63, 3.8) is 0 Å². The van der Waals surface area contributed by atoms with Crippen LogP contribution in [0.1, 0.15) is 61.5 Å². The van der Waals surface area contributed by atoms with E-state index in [9.17, 15) is 13.6 Å². The van der Waals surface area contributed by atoms with Gasteiger partial charge in [-0.05, 0) is 26.2 Å². The molecular formula is C17H25F2N3O2. The minimum Gasteiger partial charge on any atom is -0.378 e. The lowest BCUT2D eigenvalue weighted by molar-refractivity contribution is -0.152. The second-order valence-electron chi connectivity index (χ2n) is 6.92. The maximum atomic E-state index is 13.2. The smallest absolute Gasteiger partial charge is 0.280 e. The highest BCUT2D eigenvalue weighted by molar-refractivity contribution is 5.95. The molecule has 0 saturated heterocycles. The van der Waals surface area contributed by atoms with Crippen LogP contribution in [0, 0.1) is 5.41 Å². The largest absolute Gasteiger partial charge is 0.378 e. The Hall–Kier alpha value is -1.50. The Bertz CT molecular complexity index is 611. The van der Waals surface area contributed by atoms with E-state index in [1.54, 1.807) is 11.9 Å². The number of hydrogen-bond donors (Lipinski definition) is 0. The number of hydrogen-bond acceptors (Lipinski definition) is 3. The Kier molecular flexibility index (Phi) is 4.64. The highest BCUT2D eigenvalue weighted by Crippen LogP contribution is 2.56. The van der Waals surface area contributed by atoms with Gasteiger partial charge >= 0.3 is 0 Å². The first-order chi connectivity index (χ1) is 11.4. The minimum absolute atomic E-state index is 0.00278. The normalized spacial score (nSPS) is 25.2. The molecule has 2 saturated carbocycles. The third-order valence-corrected chi connectivity index (χ3v) is 5.85. The van der Waals surface area contributed by atoms with E-state index in [0.717, 1.165) is 36.8 Å². The lowest BCUT2D eigenvalue weighted by Crippen LogP contribution is -2.64. The van der Waals surface area contributed by atoms with Gasteiger partial charge in [0.2, 0.25) is 0 Å². The van der Waals surface area contributed by atoms with Crippen LogP contribution in [0.2, 0.25) is 0 Å². The van der Waals surface area contributed by atoms with Crippen molar-refractivity contribution in [1.29, 1.82) is 0 Å². The number of carbonyl (C=O) groups excluding carboxylic acids is 1. The van der Waals surface area contributed by atoms with Gasteiger partial charge in [0, 0.05) is 32.2 Å². The van der Waals surface area contributed by atoms with E-state index in [0.29, 0.717) is 6.61 Å². The van der Waals surface area contributed by atoms with Crippen LogP contribution in [0.5, 0.6) is 0 Å². The van der Waals surface area contributed by atoms with Crippen LogP contribution >= 0.6 is 0 Å². The summed E-state index contributed by atoms with van der Waals surface area (Å²) in [4.78, 5) is 14.5. The van der Waals surface area contributed by atoms with Crippen LogP contribution < -0.4 is 0 Å². The van der Waals surface area contributed by atoms with Crippen molar-refractivity contribution in [2.45, 2.75) is 57.6 Å². The molecule has 5 nitrogen and oxygen atoms in total. The summed E-state index contributed by atoms with van der Waals surface area (Å²) in [6.45, 7) is 2.64. The third kappa shape index (κ3) is 2.53. The van der Waals surface area contributed by atoms with Crippen molar-refractivity contribution in [2.75, 3.05) is 13.7 Å². The number of aromatic nitrogens is 2. The number of nitrogens with zero attached hydrogens (tertiary/aromatic N) is 3. The van der Waals surface area contributed by atoms with Gasteiger partial charge in [0.1, 0.15) is 5.69 Å². The molecule has 1 spiro atoms. The number of rotatable bonds is 5. The molecule has 1 heterocycles. The van der Waals surface area contributed by atoms with Gasteiger partial charge in [-0.15, -0.1) is 0 Å². The molecule has 24 heavy (non-hydrogen) atoms. The monoisotopic (exact) mass is 341 g/mol. The zero-order chi connectivity index (χ0) is 17.5. The molecule has 0 aromatic carbocycles. The van der Waals surface area contributed by atoms with Crippen molar-refractivity contribution < 1.29 is 18.3 Å². The SMILES string of the molecule is CCOC1CC(N(C)C(=O)c2cnn(C)c2C(F)F)C12CCCC2. The van der Waals surface area contributed by atoms with Crippen LogP contribution in [-0.4, -0.2) is 46.4 Å². The minimum atomic E-state index is -2.72. The second kappa shape index (κ2) is 6.43. The summed E-state index contributed by atoms with van der Waals surface area (Å²) in [6.07, 6.45) is 3.83. The third-order valence-electron chi connectivity index (χ3n) is 5.85. The summed E-state index contributed by atoms with van der Waals surface area (Å²) < 4.78 is 33.5. The summed E-state index contributed by atoms with van der Waals surface area (Å²) >= 11 is 0. The summed E-state index contributed by atoms with van der Waals surface area (Å²) in [5.74, 6) is -0.371.